The fourth-order valence-electron chi connectivity index (χ4n) is 1.02. The van der Waals surface area contributed by atoms with E-state index < -0.39 is 0 Å². The molecule has 0 bridgehead atoms. The molecule has 0 aromatic carbocycles. The van der Waals surface area contributed by atoms with E-state index in [1.165, 1.54) is 0 Å². The molecule has 0 atom stereocenters. The lowest BCUT2D eigenvalue weighted by Crippen LogP contribution is -1.93. The molecule has 0 saturated heterocycles. The van der Waals surface area contributed by atoms with Crippen LogP contribution in [0.5, 0.6) is 0 Å². The van der Waals surface area contributed by atoms with Crippen LogP contribution in [0.1, 0.15) is 15.6 Å². The van der Waals surface area contributed by atoms with E-state index in [2.05, 4.69) is 11.1 Å². The van der Waals surface area contributed by atoms with E-state index in [-0.39, 0.29) is 0 Å². The van der Waals surface area contributed by atoms with E-state index in [1.807, 2.05) is 6.92 Å². The molecule has 13 heavy (non-hydrogen) atoms. The van der Waals surface area contributed by atoms with Gasteiger partial charge in [-0.15, -0.1) is 11.3 Å². The molecule has 0 N–H and O–H groups in total. The zero-order valence-corrected chi connectivity index (χ0v) is 8.65. The lowest BCUT2D eigenvalue weighted by atomic mass is 10.3. The average Bonchev–Trinajstić information content (AvgIpc) is 2.45. The predicted octanol–water partition coefficient (Wildman–Crippen LogP) is 1.71. The van der Waals surface area contributed by atoms with E-state index in [0.717, 1.165) is 22.0 Å². The molecule has 0 radical (unpaired) electrons. The molecule has 0 spiro atoms. The van der Waals surface area contributed by atoms with Crippen molar-refractivity contribution in [2.24, 2.45) is 0 Å². The largest absolute Gasteiger partial charge is 0.384 e. The minimum absolute atomic E-state index is 0.469. The van der Waals surface area contributed by atoms with Crippen LogP contribution in [0.4, 0.5) is 0 Å². The third-order valence-corrected chi connectivity index (χ3v) is 2.91. The molecule has 1 aromatic rings. The summed E-state index contributed by atoms with van der Waals surface area (Å²) in [4.78, 5) is 5.43. The van der Waals surface area contributed by atoms with Crippen molar-refractivity contribution in [3.63, 3.8) is 0 Å². The number of ether oxygens (including phenoxy) is 1. The molecule has 0 fully saturated rings. The molecule has 3 nitrogen and oxygen atoms in total. The SMILES string of the molecule is COCCc1nc(C)c(CC#N)s1. The van der Waals surface area contributed by atoms with Crippen molar-refractivity contribution in [3.05, 3.63) is 15.6 Å². The predicted molar refractivity (Wildman–Crippen MR) is 51.7 cm³/mol. The van der Waals surface area contributed by atoms with E-state index in [4.69, 9.17) is 10.00 Å². The first-order valence-electron chi connectivity index (χ1n) is 4.09. The summed E-state index contributed by atoms with van der Waals surface area (Å²) in [6, 6.07) is 2.13. The lowest BCUT2D eigenvalue weighted by molar-refractivity contribution is 0.202. The molecule has 70 valence electrons. The van der Waals surface area contributed by atoms with Crippen LogP contribution < -0.4 is 0 Å². The lowest BCUT2D eigenvalue weighted by Gasteiger charge is -1.92. The summed E-state index contributed by atoms with van der Waals surface area (Å²) in [6.07, 6.45) is 1.31. The van der Waals surface area contributed by atoms with Crippen molar-refractivity contribution in [2.45, 2.75) is 19.8 Å². The summed E-state index contributed by atoms with van der Waals surface area (Å²) < 4.78 is 4.96. The zero-order valence-electron chi connectivity index (χ0n) is 7.83. The minimum atomic E-state index is 0.469. The van der Waals surface area contributed by atoms with Crippen molar-refractivity contribution in [1.82, 2.24) is 4.98 Å². The normalized spacial score (nSPS) is 9.92. The van der Waals surface area contributed by atoms with Gasteiger partial charge in [-0.3, -0.25) is 0 Å². The molecule has 0 aliphatic rings. The van der Waals surface area contributed by atoms with Crippen molar-refractivity contribution in [2.75, 3.05) is 13.7 Å². The summed E-state index contributed by atoms with van der Waals surface area (Å²) in [6.45, 7) is 2.64. The van der Waals surface area contributed by atoms with Crippen LogP contribution in [-0.2, 0) is 17.6 Å². The number of rotatable bonds is 4. The molecule has 1 aromatic heterocycles. The summed E-state index contributed by atoms with van der Waals surface area (Å²) in [5.41, 5.74) is 0.984. The van der Waals surface area contributed by atoms with Crippen LogP contribution in [0.15, 0.2) is 0 Å². The maximum Gasteiger partial charge on any atom is 0.0954 e. The molecule has 0 aliphatic carbocycles. The Balaban J connectivity index is 2.66. The third-order valence-electron chi connectivity index (χ3n) is 1.70. The Morgan fingerprint density at radius 3 is 3.00 bits per heavy atom. The highest BCUT2D eigenvalue weighted by Crippen LogP contribution is 2.18. The first kappa shape index (κ1) is 10.2. The maximum atomic E-state index is 8.53. The highest BCUT2D eigenvalue weighted by molar-refractivity contribution is 7.11. The molecule has 1 rings (SSSR count). The summed E-state index contributed by atoms with van der Waals surface area (Å²) in [7, 11) is 1.68. The molecule has 0 aliphatic heterocycles. The van der Waals surface area contributed by atoms with Gasteiger partial charge in [0.25, 0.3) is 0 Å². The second-order valence-electron chi connectivity index (χ2n) is 2.69. The molecule has 4 heteroatoms. The number of aromatic nitrogens is 1. The Morgan fingerprint density at radius 2 is 2.38 bits per heavy atom. The van der Waals surface area contributed by atoms with Gasteiger partial charge in [-0.1, -0.05) is 0 Å². The molecule has 0 saturated carbocycles. The van der Waals surface area contributed by atoms with Gasteiger partial charge in [0.15, 0.2) is 0 Å². The van der Waals surface area contributed by atoms with Gasteiger partial charge in [0, 0.05) is 18.4 Å². The fourth-order valence-corrected chi connectivity index (χ4v) is 2.00. The van der Waals surface area contributed by atoms with Gasteiger partial charge in [-0.25, -0.2) is 4.98 Å². The number of nitriles is 1. The van der Waals surface area contributed by atoms with Gasteiger partial charge in [-0.2, -0.15) is 5.26 Å². The second kappa shape index (κ2) is 4.95. The minimum Gasteiger partial charge on any atom is -0.384 e. The van der Waals surface area contributed by atoms with E-state index in [1.54, 1.807) is 18.4 Å². The van der Waals surface area contributed by atoms with Gasteiger partial charge in [0.05, 0.1) is 29.8 Å². The standard InChI is InChI=1S/C9H12N2OS/c1-7-8(3-5-10)13-9(11-7)4-6-12-2/h3-4,6H2,1-2H3. The molecule has 0 amide bonds. The second-order valence-corrected chi connectivity index (χ2v) is 3.86. The van der Waals surface area contributed by atoms with Crippen molar-refractivity contribution in [1.29, 1.82) is 5.26 Å². The van der Waals surface area contributed by atoms with Crippen LogP contribution >= 0.6 is 11.3 Å². The highest BCUT2D eigenvalue weighted by atomic mass is 32.1. The van der Waals surface area contributed by atoms with Gasteiger partial charge >= 0.3 is 0 Å². The van der Waals surface area contributed by atoms with Crippen LogP contribution in [0.3, 0.4) is 0 Å². The first-order valence-corrected chi connectivity index (χ1v) is 4.90. The zero-order chi connectivity index (χ0) is 9.68. The number of nitrogens with zero attached hydrogens (tertiary/aromatic N) is 2. The quantitative estimate of drug-likeness (QED) is 0.736. The molecule has 0 unspecified atom stereocenters. The van der Waals surface area contributed by atoms with Crippen LogP contribution in [0, 0.1) is 18.3 Å². The van der Waals surface area contributed by atoms with Crippen molar-refractivity contribution < 1.29 is 4.74 Å². The van der Waals surface area contributed by atoms with Gasteiger partial charge in [0.2, 0.25) is 0 Å². The van der Waals surface area contributed by atoms with Crippen LogP contribution in [0.2, 0.25) is 0 Å². The van der Waals surface area contributed by atoms with E-state index in [0.29, 0.717) is 13.0 Å². The van der Waals surface area contributed by atoms with Crippen LogP contribution in [-0.4, -0.2) is 18.7 Å². The van der Waals surface area contributed by atoms with Crippen molar-refractivity contribution in [3.8, 4) is 6.07 Å². The smallest absolute Gasteiger partial charge is 0.0954 e. The molecular weight excluding hydrogens is 184 g/mol. The Hall–Kier alpha value is -0.920. The van der Waals surface area contributed by atoms with E-state index >= 15 is 0 Å². The summed E-state index contributed by atoms with van der Waals surface area (Å²) in [5.74, 6) is 0. The maximum absolute atomic E-state index is 8.53. The number of hydrogen-bond donors (Lipinski definition) is 0. The molecule has 1 heterocycles. The fraction of sp³-hybridized carbons (Fsp3) is 0.556. The number of aryl methyl sites for hydroxylation is 1. The average molecular weight is 196 g/mol. The topological polar surface area (TPSA) is 45.9 Å². The number of methoxy groups -OCH3 is 1. The van der Waals surface area contributed by atoms with Crippen LogP contribution in [0.25, 0.3) is 0 Å². The van der Waals surface area contributed by atoms with Crippen molar-refractivity contribution >= 4 is 11.3 Å². The Bertz CT molecular complexity index is 314. The first-order chi connectivity index (χ1) is 6.27. The van der Waals surface area contributed by atoms with E-state index in [9.17, 15) is 0 Å². The van der Waals surface area contributed by atoms with Gasteiger partial charge in [0.1, 0.15) is 0 Å². The van der Waals surface area contributed by atoms with Gasteiger partial charge in [-0.05, 0) is 6.92 Å². The Kier molecular flexibility index (Phi) is 3.87. The Labute approximate surface area is 82.0 Å². The Morgan fingerprint density at radius 1 is 1.62 bits per heavy atom. The highest BCUT2D eigenvalue weighted by Gasteiger charge is 2.06. The monoisotopic (exact) mass is 196 g/mol. The summed E-state index contributed by atoms with van der Waals surface area (Å²) in [5, 5.41) is 9.59. The number of hydrogen-bond acceptors (Lipinski definition) is 4. The third kappa shape index (κ3) is 2.79. The summed E-state index contributed by atoms with van der Waals surface area (Å²) >= 11 is 1.61. The van der Waals surface area contributed by atoms with Gasteiger partial charge < -0.3 is 4.74 Å². The molecular formula is C9H12N2OS. The number of thiazole rings is 1.